The fraction of sp³-hybridized carbons (Fsp3) is 0.562. The molecule has 1 unspecified atom stereocenters. The summed E-state index contributed by atoms with van der Waals surface area (Å²) in [4.78, 5) is 4.61. The Morgan fingerprint density at radius 2 is 2.05 bits per heavy atom. The number of nitrogens with one attached hydrogen (secondary N) is 2. The van der Waals surface area contributed by atoms with Gasteiger partial charge in [0.1, 0.15) is 5.75 Å². The van der Waals surface area contributed by atoms with Crippen molar-refractivity contribution in [3.05, 3.63) is 29.8 Å². The third-order valence-corrected chi connectivity index (χ3v) is 2.97. The Kier molecular flexibility index (Phi) is 11.1. The number of rotatable bonds is 7. The first-order chi connectivity index (χ1) is 9.69. The van der Waals surface area contributed by atoms with Gasteiger partial charge in [0, 0.05) is 12.6 Å². The average molecular weight is 405 g/mol. The van der Waals surface area contributed by atoms with Crippen molar-refractivity contribution in [3.8, 4) is 5.75 Å². The van der Waals surface area contributed by atoms with Crippen LogP contribution in [-0.4, -0.2) is 25.2 Å². The lowest BCUT2D eigenvalue weighted by atomic mass is 10.2. The minimum Gasteiger partial charge on any atom is -0.494 e. The van der Waals surface area contributed by atoms with E-state index < -0.39 is 0 Å². The fourth-order valence-corrected chi connectivity index (χ4v) is 1.73. The van der Waals surface area contributed by atoms with Crippen molar-refractivity contribution in [2.75, 3.05) is 13.2 Å². The quantitative estimate of drug-likeness (QED) is 0.414. The van der Waals surface area contributed by atoms with E-state index in [0.717, 1.165) is 30.2 Å². The Labute approximate surface area is 145 Å². The molecule has 120 valence electrons. The van der Waals surface area contributed by atoms with Crippen molar-refractivity contribution in [1.82, 2.24) is 10.6 Å². The maximum Gasteiger partial charge on any atom is 0.191 e. The van der Waals surface area contributed by atoms with Gasteiger partial charge >= 0.3 is 0 Å². The van der Waals surface area contributed by atoms with Gasteiger partial charge in [0.05, 0.1) is 13.2 Å². The second-order valence-electron chi connectivity index (χ2n) is 4.73. The van der Waals surface area contributed by atoms with E-state index in [1.54, 1.807) is 0 Å². The Morgan fingerprint density at radius 3 is 2.67 bits per heavy atom. The lowest BCUT2D eigenvalue weighted by Crippen LogP contribution is -2.41. The van der Waals surface area contributed by atoms with E-state index >= 15 is 0 Å². The molecule has 5 heteroatoms. The highest BCUT2D eigenvalue weighted by Crippen LogP contribution is 2.13. The average Bonchev–Trinajstić information content (AvgIpc) is 2.45. The summed E-state index contributed by atoms with van der Waals surface area (Å²) in [6, 6.07) is 8.51. The number of aliphatic imine (C=N–C) groups is 1. The van der Waals surface area contributed by atoms with Crippen LogP contribution in [0, 0.1) is 0 Å². The molecule has 0 saturated carbocycles. The van der Waals surface area contributed by atoms with Gasteiger partial charge in [-0.2, -0.15) is 0 Å². The van der Waals surface area contributed by atoms with Gasteiger partial charge in [-0.05, 0) is 44.9 Å². The first kappa shape index (κ1) is 20.0. The van der Waals surface area contributed by atoms with Crippen LogP contribution in [0.2, 0.25) is 0 Å². The summed E-state index contributed by atoms with van der Waals surface area (Å²) in [5, 5.41) is 6.65. The number of guanidine groups is 1. The van der Waals surface area contributed by atoms with Crippen molar-refractivity contribution in [2.24, 2.45) is 4.99 Å². The second kappa shape index (κ2) is 11.7. The molecule has 21 heavy (non-hydrogen) atoms. The van der Waals surface area contributed by atoms with Crippen LogP contribution in [-0.2, 0) is 6.54 Å². The number of ether oxygens (including phenoxy) is 1. The van der Waals surface area contributed by atoms with Gasteiger partial charge in [-0.3, -0.25) is 0 Å². The van der Waals surface area contributed by atoms with Gasteiger partial charge in [0.25, 0.3) is 0 Å². The monoisotopic (exact) mass is 405 g/mol. The second-order valence-corrected chi connectivity index (χ2v) is 4.73. The minimum absolute atomic E-state index is 0. The standard InChI is InChI=1S/C16H27N3O.HI/c1-5-13(4)19-16(17-6-2)18-12-14-9-8-10-15(11-14)20-7-3;/h8-11,13H,5-7,12H2,1-4H3,(H2,17,18,19);1H. The predicted molar refractivity (Wildman–Crippen MR) is 101 cm³/mol. The van der Waals surface area contributed by atoms with Crippen molar-refractivity contribution in [2.45, 2.75) is 46.7 Å². The summed E-state index contributed by atoms with van der Waals surface area (Å²) in [6.07, 6.45) is 1.07. The van der Waals surface area contributed by atoms with Crippen LogP contribution in [0.4, 0.5) is 0 Å². The summed E-state index contributed by atoms with van der Waals surface area (Å²) < 4.78 is 5.50. The highest BCUT2D eigenvalue weighted by Gasteiger charge is 2.02. The molecule has 0 heterocycles. The van der Waals surface area contributed by atoms with Crippen molar-refractivity contribution < 1.29 is 4.74 Å². The number of halogens is 1. The molecule has 0 fully saturated rings. The molecule has 1 aromatic carbocycles. The summed E-state index contributed by atoms with van der Waals surface area (Å²) in [5.74, 6) is 1.77. The molecule has 4 nitrogen and oxygen atoms in total. The Hall–Kier alpha value is -0.980. The lowest BCUT2D eigenvalue weighted by molar-refractivity contribution is 0.340. The smallest absolute Gasteiger partial charge is 0.191 e. The van der Waals surface area contributed by atoms with E-state index in [2.05, 4.69) is 42.5 Å². The molecule has 1 rings (SSSR count). The predicted octanol–water partition coefficient (Wildman–Crippen LogP) is 3.56. The lowest BCUT2D eigenvalue weighted by Gasteiger charge is -2.16. The van der Waals surface area contributed by atoms with Gasteiger partial charge in [-0.25, -0.2) is 4.99 Å². The highest BCUT2D eigenvalue weighted by molar-refractivity contribution is 14.0. The minimum atomic E-state index is 0. The van der Waals surface area contributed by atoms with E-state index in [1.165, 1.54) is 0 Å². The van der Waals surface area contributed by atoms with Crippen molar-refractivity contribution >= 4 is 29.9 Å². The van der Waals surface area contributed by atoms with Gasteiger partial charge in [-0.15, -0.1) is 24.0 Å². The molecule has 0 radical (unpaired) electrons. The van der Waals surface area contributed by atoms with Crippen LogP contribution in [0.15, 0.2) is 29.3 Å². The molecule has 2 N–H and O–H groups in total. The molecule has 0 aliphatic carbocycles. The third kappa shape index (κ3) is 8.14. The van der Waals surface area contributed by atoms with Crippen LogP contribution in [0.25, 0.3) is 0 Å². The maximum atomic E-state index is 5.50. The van der Waals surface area contributed by atoms with Gasteiger partial charge in [-0.1, -0.05) is 19.1 Å². The summed E-state index contributed by atoms with van der Waals surface area (Å²) in [6.45, 7) is 10.6. The molecular formula is C16H28IN3O. The zero-order valence-electron chi connectivity index (χ0n) is 13.5. The van der Waals surface area contributed by atoms with Gasteiger partial charge < -0.3 is 15.4 Å². The van der Waals surface area contributed by atoms with E-state index in [-0.39, 0.29) is 24.0 Å². The summed E-state index contributed by atoms with van der Waals surface area (Å²) in [5.41, 5.74) is 1.15. The number of hydrogen-bond acceptors (Lipinski definition) is 2. The molecule has 0 aromatic heterocycles. The first-order valence-electron chi connectivity index (χ1n) is 7.46. The van der Waals surface area contributed by atoms with E-state index in [1.807, 2.05) is 25.1 Å². The van der Waals surface area contributed by atoms with E-state index in [0.29, 0.717) is 19.2 Å². The normalized spacial score (nSPS) is 12.3. The first-order valence-corrected chi connectivity index (χ1v) is 7.46. The van der Waals surface area contributed by atoms with Crippen LogP contribution in [0.5, 0.6) is 5.75 Å². The molecule has 1 atom stereocenters. The molecule has 0 spiro atoms. The zero-order valence-corrected chi connectivity index (χ0v) is 15.8. The molecular weight excluding hydrogens is 377 g/mol. The van der Waals surface area contributed by atoms with E-state index in [9.17, 15) is 0 Å². The van der Waals surface area contributed by atoms with E-state index in [4.69, 9.17) is 4.74 Å². The molecule has 0 aliphatic rings. The number of nitrogens with zero attached hydrogens (tertiary/aromatic N) is 1. The highest BCUT2D eigenvalue weighted by atomic mass is 127. The Bertz CT molecular complexity index is 424. The maximum absolute atomic E-state index is 5.50. The summed E-state index contributed by atoms with van der Waals surface area (Å²) in [7, 11) is 0. The molecule has 0 aliphatic heterocycles. The molecule has 0 amide bonds. The van der Waals surface area contributed by atoms with Crippen LogP contribution < -0.4 is 15.4 Å². The Balaban J connectivity index is 0.00000400. The Morgan fingerprint density at radius 1 is 1.29 bits per heavy atom. The van der Waals surface area contributed by atoms with Crippen LogP contribution >= 0.6 is 24.0 Å². The SMILES string of the molecule is CCNC(=NCc1cccc(OCC)c1)NC(C)CC.I. The third-order valence-electron chi connectivity index (χ3n) is 2.97. The molecule has 0 bridgehead atoms. The molecule has 0 saturated heterocycles. The fourth-order valence-electron chi connectivity index (χ4n) is 1.73. The van der Waals surface area contributed by atoms with Crippen LogP contribution in [0.1, 0.15) is 39.7 Å². The molecule has 1 aromatic rings. The summed E-state index contributed by atoms with van der Waals surface area (Å²) >= 11 is 0. The van der Waals surface area contributed by atoms with Crippen molar-refractivity contribution in [3.63, 3.8) is 0 Å². The van der Waals surface area contributed by atoms with Gasteiger partial charge in [0.2, 0.25) is 0 Å². The van der Waals surface area contributed by atoms with Gasteiger partial charge in [0.15, 0.2) is 5.96 Å². The van der Waals surface area contributed by atoms with Crippen molar-refractivity contribution in [1.29, 1.82) is 0 Å². The van der Waals surface area contributed by atoms with Crippen LogP contribution in [0.3, 0.4) is 0 Å². The number of benzene rings is 1. The topological polar surface area (TPSA) is 45.7 Å². The zero-order chi connectivity index (χ0) is 14.8. The largest absolute Gasteiger partial charge is 0.494 e. The number of hydrogen-bond donors (Lipinski definition) is 2.